The second-order valence-corrected chi connectivity index (χ2v) is 8.23. The van der Waals surface area contributed by atoms with Gasteiger partial charge in [0, 0.05) is 19.2 Å². The lowest BCUT2D eigenvalue weighted by molar-refractivity contribution is -0.137. The minimum absolute atomic E-state index is 0.0703. The quantitative estimate of drug-likeness (QED) is 0.530. The molecule has 0 unspecified atom stereocenters. The average molecular weight is 301 g/mol. The first-order chi connectivity index (χ1) is 8.12. The van der Waals surface area contributed by atoms with E-state index in [1.54, 1.807) is 0 Å². The number of nitrogens with one attached hydrogen (secondary N) is 1. The van der Waals surface area contributed by atoms with Gasteiger partial charge >= 0.3 is 5.97 Å². The third-order valence-electron chi connectivity index (χ3n) is 2.11. The molecule has 0 fully saturated rings. The average Bonchev–Trinajstić information content (AvgIpc) is 2.19. The molecule has 0 aliphatic rings. The van der Waals surface area contributed by atoms with E-state index in [9.17, 15) is 21.6 Å². The Balaban J connectivity index is 3.75. The van der Waals surface area contributed by atoms with E-state index < -0.39 is 37.3 Å². The van der Waals surface area contributed by atoms with Crippen molar-refractivity contribution < 1.29 is 26.7 Å². The number of hydrogen-bond acceptors (Lipinski definition) is 5. The summed E-state index contributed by atoms with van der Waals surface area (Å²) in [5.74, 6) is -1.72. The van der Waals surface area contributed by atoms with Crippen LogP contribution in [0.4, 0.5) is 0 Å². The topological polar surface area (TPSA) is 118 Å². The highest BCUT2D eigenvalue weighted by molar-refractivity contribution is 7.93. The van der Waals surface area contributed by atoms with Crippen molar-refractivity contribution in [2.24, 2.45) is 0 Å². The lowest BCUT2D eigenvalue weighted by Gasteiger charge is -2.05. The molecule has 0 aromatic carbocycles. The van der Waals surface area contributed by atoms with E-state index in [0.717, 1.165) is 6.26 Å². The molecule has 0 aromatic heterocycles. The summed E-state index contributed by atoms with van der Waals surface area (Å²) in [7, 11) is -6.85. The van der Waals surface area contributed by atoms with Gasteiger partial charge in [-0.2, -0.15) is 0 Å². The van der Waals surface area contributed by atoms with Gasteiger partial charge in [0.1, 0.15) is 9.84 Å². The third-order valence-corrected chi connectivity index (χ3v) is 4.70. The van der Waals surface area contributed by atoms with Crippen molar-refractivity contribution in [1.29, 1.82) is 0 Å². The first-order valence-electron chi connectivity index (χ1n) is 5.49. The molecule has 0 bridgehead atoms. The number of rotatable bonds is 10. The van der Waals surface area contributed by atoms with Crippen LogP contribution in [0.15, 0.2) is 0 Å². The van der Waals surface area contributed by atoms with Gasteiger partial charge in [-0.25, -0.2) is 21.6 Å². The molecule has 9 heteroatoms. The molecule has 7 nitrogen and oxygen atoms in total. The number of carboxylic acid groups (broad SMARTS) is 1. The summed E-state index contributed by atoms with van der Waals surface area (Å²) in [5, 5.41) is 8.38. The SMILES string of the molecule is CS(=O)(=O)CCS(=O)(=O)NCCCCCC(=O)O. The van der Waals surface area contributed by atoms with Gasteiger partial charge in [0.05, 0.1) is 11.5 Å². The molecule has 0 amide bonds. The van der Waals surface area contributed by atoms with Crippen molar-refractivity contribution in [3.63, 3.8) is 0 Å². The first kappa shape index (κ1) is 17.3. The lowest BCUT2D eigenvalue weighted by Crippen LogP contribution is -2.30. The Morgan fingerprint density at radius 3 is 2.17 bits per heavy atom. The van der Waals surface area contributed by atoms with E-state index in [1.807, 2.05) is 0 Å². The van der Waals surface area contributed by atoms with Crippen LogP contribution >= 0.6 is 0 Å². The minimum atomic E-state index is -3.56. The zero-order valence-corrected chi connectivity index (χ0v) is 11.9. The molecule has 0 saturated carbocycles. The molecule has 0 spiro atoms. The summed E-state index contributed by atoms with van der Waals surface area (Å²) in [5.41, 5.74) is 0. The van der Waals surface area contributed by atoms with Crippen molar-refractivity contribution in [2.45, 2.75) is 25.7 Å². The van der Waals surface area contributed by atoms with E-state index in [4.69, 9.17) is 5.11 Å². The molecule has 0 saturated heterocycles. The number of carboxylic acids is 1. The number of sulfonamides is 1. The van der Waals surface area contributed by atoms with Crippen molar-refractivity contribution in [1.82, 2.24) is 4.72 Å². The predicted molar refractivity (Wildman–Crippen MR) is 67.6 cm³/mol. The molecule has 18 heavy (non-hydrogen) atoms. The summed E-state index contributed by atoms with van der Waals surface area (Å²) in [6.07, 6.45) is 2.70. The minimum Gasteiger partial charge on any atom is -0.481 e. The van der Waals surface area contributed by atoms with Gasteiger partial charge in [-0.05, 0) is 12.8 Å². The monoisotopic (exact) mass is 301 g/mol. The number of carbonyl (C=O) groups is 1. The Morgan fingerprint density at radius 1 is 1.06 bits per heavy atom. The van der Waals surface area contributed by atoms with Crippen LogP contribution in [0, 0.1) is 0 Å². The van der Waals surface area contributed by atoms with Crippen LogP contribution in [-0.2, 0) is 24.7 Å². The predicted octanol–water partition coefficient (Wildman–Crippen LogP) is -0.405. The van der Waals surface area contributed by atoms with Crippen LogP contribution in [0.2, 0.25) is 0 Å². The Bertz CT molecular complexity index is 453. The number of sulfone groups is 1. The number of hydrogen-bond donors (Lipinski definition) is 2. The Hall–Kier alpha value is -0.670. The fourth-order valence-electron chi connectivity index (χ4n) is 1.14. The number of unbranched alkanes of at least 4 members (excludes halogenated alkanes) is 2. The number of aliphatic carboxylic acids is 1. The lowest BCUT2D eigenvalue weighted by atomic mass is 10.2. The summed E-state index contributed by atoms with van der Waals surface area (Å²) < 4.78 is 46.6. The molecule has 0 aliphatic heterocycles. The summed E-state index contributed by atoms with van der Waals surface area (Å²) in [6.45, 7) is 0.200. The van der Waals surface area contributed by atoms with Crippen molar-refractivity contribution >= 4 is 25.8 Å². The van der Waals surface area contributed by atoms with Crippen LogP contribution in [0.1, 0.15) is 25.7 Å². The van der Waals surface area contributed by atoms with Gasteiger partial charge in [-0.3, -0.25) is 4.79 Å². The standard InChI is InChI=1S/C9H19NO6S2/c1-17(13,14)7-8-18(15,16)10-6-4-2-3-5-9(11)12/h10H,2-8H2,1H3,(H,11,12). The molecule has 0 radical (unpaired) electrons. The van der Waals surface area contributed by atoms with E-state index in [2.05, 4.69) is 4.72 Å². The van der Waals surface area contributed by atoms with Gasteiger partial charge < -0.3 is 5.11 Å². The summed E-state index contributed by atoms with van der Waals surface area (Å²) in [4.78, 5) is 10.2. The normalized spacial score (nSPS) is 12.5. The summed E-state index contributed by atoms with van der Waals surface area (Å²) in [6, 6.07) is 0. The molecule has 108 valence electrons. The molecule has 0 aromatic rings. The fraction of sp³-hybridized carbons (Fsp3) is 0.889. The van der Waals surface area contributed by atoms with Gasteiger partial charge in [0.2, 0.25) is 10.0 Å². The molecule has 0 rings (SSSR count). The Morgan fingerprint density at radius 2 is 1.67 bits per heavy atom. The van der Waals surface area contributed by atoms with Gasteiger partial charge in [0.25, 0.3) is 0 Å². The Kier molecular flexibility index (Phi) is 7.41. The zero-order valence-electron chi connectivity index (χ0n) is 10.3. The maximum Gasteiger partial charge on any atom is 0.303 e. The maximum absolute atomic E-state index is 11.3. The van der Waals surface area contributed by atoms with Crippen molar-refractivity contribution in [3.05, 3.63) is 0 Å². The zero-order chi connectivity index (χ0) is 14.2. The molecule has 2 N–H and O–H groups in total. The Labute approximate surface area is 108 Å². The van der Waals surface area contributed by atoms with Crippen molar-refractivity contribution in [2.75, 3.05) is 24.3 Å². The largest absolute Gasteiger partial charge is 0.481 e. The molecular weight excluding hydrogens is 282 g/mol. The van der Waals surface area contributed by atoms with E-state index >= 15 is 0 Å². The van der Waals surface area contributed by atoms with Crippen LogP contribution in [0.5, 0.6) is 0 Å². The highest BCUT2D eigenvalue weighted by Gasteiger charge is 2.13. The van der Waals surface area contributed by atoms with Gasteiger partial charge in [-0.15, -0.1) is 0 Å². The van der Waals surface area contributed by atoms with Gasteiger partial charge in [-0.1, -0.05) is 6.42 Å². The van der Waals surface area contributed by atoms with Gasteiger partial charge in [0.15, 0.2) is 0 Å². The maximum atomic E-state index is 11.3. The third kappa shape index (κ3) is 11.8. The van der Waals surface area contributed by atoms with E-state index in [0.29, 0.717) is 19.3 Å². The van der Waals surface area contributed by atoms with Crippen molar-refractivity contribution in [3.8, 4) is 0 Å². The van der Waals surface area contributed by atoms with E-state index in [1.165, 1.54) is 0 Å². The molecule has 0 heterocycles. The first-order valence-corrected chi connectivity index (χ1v) is 9.20. The fourth-order valence-corrected chi connectivity index (χ4v) is 3.83. The molecule has 0 aliphatic carbocycles. The highest BCUT2D eigenvalue weighted by atomic mass is 32.2. The van der Waals surface area contributed by atoms with Crippen LogP contribution < -0.4 is 4.72 Å². The summed E-state index contributed by atoms with van der Waals surface area (Å²) >= 11 is 0. The molecule has 0 atom stereocenters. The highest BCUT2D eigenvalue weighted by Crippen LogP contribution is 1.99. The van der Waals surface area contributed by atoms with Crippen LogP contribution in [-0.4, -0.2) is 52.2 Å². The molecular formula is C9H19NO6S2. The van der Waals surface area contributed by atoms with Crippen LogP contribution in [0.3, 0.4) is 0 Å². The van der Waals surface area contributed by atoms with Crippen LogP contribution in [0.25, 0.3) is 0 Å². The second-order valence-electron chi connectivity index (χ2n) is 4.05. The van der Waals surface area contributed by atoms with E-state index in [-0.39, 0.29) is 13.0 Å². The second kappa shape index (κ2) is 7.70. The smallest absolute Gasteiger partial charge is 0.303 e.